The second-order valence-electron chi connectivity index (χ2n) is 8.34. The topological polar surface area (TPSA) is 127 Å². The Labute approximate surface area is 197 Å². The number of rotatable bonds is 5. The molecule has 2 heterocycles. The third kappa shape index (κ3) is 4.40. The first-order chi connectivity index (χ1) is 16.2. The monoisotopic (exact) mass is 487 g/mol. The van der Waals surface area contributed by atoms with Gasteiger partial charge < -0.3 is 9.64 Å². The molecule has 2 aromatic rings. The van der Waals surface area contributed by atoms with Crippen LogP contribution in [0.1, 0.15) is 35.2 Å². The van der Waals surface area contributed by atoms with Crippen LogP contribution in [-0.4, -0.2) is 56.3 Å². The van der Waals surface area contributed by atoms with Crippen molar-refractivity contribution in [2.45, 2.75) is 30.6 Å². The molecule has 34 heavy (non-hydrogen) atoms. The summed E-state index contributed by atoms with van der Waals surface area (Å²) in [7, 11) is -2.59. The predicted molar refractivity (Wildman–Crippen MR) is 123 cm³/mol. The number of nitrogens with zero attached hydrogens (tertiary/aromatic N) is 3. The van der Waals surface area contributed by atoms with Gasteiger partial charge in [0.15, 0.2) is 0 Å². The molecule has 2 aliphatic heterocycles. The molecule has 10 nitrogen and oxygen atoms in total. The van der Waals surface area contributed by atoms with Crippen molar-refractivity contribution in [1.82, 2.24) is 4.31 Å². The molecule has 4 rings (SSSR count). The summed E-state index contributed by atoms with van der Waals surface area (Å²) < 4.78 is 32.4. The number of esters is 1. The Kier molecular flexibility index (Phi) is 6.67. The van der Waals surface area contributed by atoms with Crippen molar-refractivity contribution in [3.05, 3.63) is 63.7 Å². The molecule has 0 spiro atoms. The van der Waals surface area contributed by atoms with Crippen LogP contribution >= 0.6 is 0 Å². The first-order valence-electron chi connectivity index (χ1n) is 11.0. The number of carbonyl (C=O) groups is 2. The first-order valence-corrected chi connectivity index (χ1v) is 12.4. The number of piperidine rings is 1. The second kappa shape index (κ2) is 9.51. The molecule has 0 aliphatic carbocycles. The maximum absolute atomic E-state index is 13.5. The molecule has 1 saturated heterocycles. The minimum atomic E-state index is -3.90. The van der Waals surface area contributed by atoms with Crippen LogP contribution in [0.2, 0.25) is 0 Å². The number of hydrogen-bond donors (Lipinski definition) is 0. The highest BCUT2D eigenvalue weighted by Crippen LogP contribution is 2.33. The Morgan fingerprint density at radius 3 is 2.50 bits per heavy atom. The number of non-ortho nitro benzene ring substituents is 1. The van der Waals surface area contributed by atoms with E-state index >= 15 is 0 Å². The number of carbonyl (C=O) groups excluding carboxylic acids is 2. The number of ether oxygens (including phenoxy) is 1. The van der Waals surface area contributed by atoms with E-state index in [9.17, 15) is 28.1 Å². The number of hydrogen-bond acceptors (Lipinski definition) is 7. The van der Waals surface area contributed by atoms with Gasteiger partial charge in [-0.3, -0.25) is 14.9 Å². The molecule has 0 N–H and O–H groups in total. The summed E-state index contributed by atoms with van der Waals surface area (Å²) in [5.41, 5.74) is 1.67. The lowest BCUT2D eigenvalue weighted by Crippen LogP contribution is -2.48. The molecule has 1 unspecified atom stereocenters. The van der Waals surface area contributed by atoms with Gasteiger partial charge in [-0.15, -0.1) is 0 Å². The zero-order chi connectivity index (χ0) is 24.5. The molecule has 0 saturated carbocycles. The lowest BCUT2D eigenvalue weighted by Gasteiger charge is -2.36. The number of methoxy groups -OCH3 is 1. The average Bonchev–Trinajstić information content (AvgIpc) is 2.87. The second-order valence-corrected chi connectivity index (χ2v) is 10.3. The zero-order valence-corrected chi connectivity index (χ0v) is 19.5. The normalized spacial score (nSPS) is 18.7. The van der Waals surface area contributed by atoms with E-state index in [4.69, 9.17) is 4.74 Å². The summed E-state index contributed by atoms with van der Waals surface area (Å²) in [6.45, 7) is 0.787. The van der Waals surface area contributed by atoms with Crippen LogP contribution in [0.3, 0.4) is 0 Å². The predicted octanol–water partition coefficient (Wildman–Crippen LogP) is 2.76. The minimum Gasteiger partial charge on any atom is -0.465 e. The van der Waals surface area contributed by atoms with Gasteiger partial charge in [-0.05, 0) is 55.5 Å². The third-order valence-electron chi connectivity index (χ3n) is 6.34. The Balaban J connectivity index is 1.56. The van der Waals surface area contributed by atoms with Gasteiger partial charge >= 0.3 is 5.97 Å². The fourth-order valence-corrected chi connectivity index (χ4v) is 6.15. The maximum Gasteiger partial charge on any atom is 0.338 e. The van der Waals surface area contributed by atoms with Crippen molar-refractivity contribution in [2.75, 3.05) is 31.6 Å². The van der Waals surface area contributed by atoms with Gasteiger partial charge in [0.2, 0.25) is 15.9 Å². The minimum absolute atomic E-state index is 0.0285. The maximum atomic E-state index is 13.5. The van der Waals surface area contributed by atoms with Crippen molar-refractivity contribution in [3.63, 3.8) is 0 Å². The summed E-state index contributed by atoms with van der Waals surface area (Å²) >= 11 is 0. The van der Waals surface area contributed by atoms with Crippen LogP contribution in [0.15, 0.2) is 47.4 Å². The molecule has 11 heteroatoms. The Hall–Kier alpha value is -3.31. The van der Waals surface area contributed by atoms with Gasteiger partial charge in [-0.25, -0.2) is 13.2 Å². The number of nitro groups is 1. The van der Waals surface area contributed by atoms with Crippen LogP contribution in [-0.2, 0) is 26.0 Å². The molecule has 2 aromatic carbocycles. The van der Waals surface area contributed by atoms with E-state index in [2.05, 4.69) is 0 Å². The third-order valence-corrected chi connectivity index (χ3v) is 8.22. The van der Waals surface area contributed by atoms with E-state index in [-0.39, 0.29) is 29.6 Å². The Morgan fingerprint density at radius 1 is 1.09 bits per heavy atom. The summed E-state index contributed by atoms with van der Waals surface area (Å²) in [5, 5.41) is 10.9. The number of nitro benzene ring substituents is 1. The van der Waals surface area contributed by atoms with Gasteiger partial charge in [0, 0.05) is 37.5 Å². The van der Waals surface area contributed by atoms with Crippen molar-refractivity contribution in [3.8, 4) is 0 Å². The Bertz CT molecular complexity index is 1230. The summed E-state index contributed by atoms with van der Waals surface area (Å²) in [5.74, 6) is -1.16. The summed E-state index contributed by atoms with van der Waals surface area (Å²) in [6.07, 6.45) is 2.40. The van der Waals surface area contributed by atoms with Crippen LogP contribution in [0.4, 0.5) is 11.4 Å². The lowest BCUT2D eigenvalue weighted by atomic mass is 9.93. The van der Waals surface area contributed by atoms with Crippen LogP contribution in [0, 0.1) is 16.0 Å². The molecule has 1 fully saturated rings. The van der Waals surface area contributed by atoms with Gasteiger partial charge in [0.25, 0.3) is 5.69 Å². The van der Waals surface area contributed by atoms with E-state index in [0.29, 0.717) is 43.5 Å². The van der Waals surface area contributed by atoms with E-state index in [1.807, 2.05) is 0 Å². The highest BCUT2D eigenvalue weighted by atomic mass is 32.2. The fraction of sp³-hybridized carbons (Fsp3) is 0.391. The largest absolute Gasteiger partial charge is 0.465 e. The SMILES string of the molecule is COC(=O)c1cccc2c1CCCN2C(=O)C1CCCN(S(=O)(=O)c2ccc([N+](=O)[O-])cc2)C1. The van der Waals surface area contributed by atoms with E-state index in [0.717, 1.165) is 17.7 Å². The summed E-state index contributed by atoms with van der Waals surface area (Å²) in [4.78, 5) is 37.6. The Morgan fingerprint density at radius 2 is 1.82 bits per heavy atom. The quantitative estimate of drug-likeness (QED) is 0.360. The van der Waals surface area contributed by atoms with Gasteiger partial charge in [0.05, 0.1) is 28.4 Å². The number of anilines is 1. The van der Waals surface area contributed by atoms with Gasteiger partial charge in [0.1, 0.15) is 0 Å². The number of benzene rings is 2. The van der Waals surface area contributed by atoms with E-state index in [1.54, 1.807) is 23.1 Å². The molecule has 0 aromatic heterocycles. The van der Waals surface area contributed by atoms with Crippen molar-refractivity contribution >= 4 is 33.3 Å². The van der Waals surface area contributed by atoms with E-state index < -0.39 is 26.8 Å². The molecular weight excluding hydrogens is 462 g/mol. The van der Waals surface area contributed by atoms with Crippen molar-refractivity contribution in [2.24, 2.45) is 5.92 Å². The average molecular weight is 488 g/mol. The lowest BCUT2D eigenvalue weighted by molar-refractivity contribution is -0.384. The van der Waals surface area contributed by atoms with Gasteiger partial charge in [-0.1, -0.05) is 6.07 Å². The van der Waals surface area contributed by atoms with Crippen LogP contribution < -0.4 is 4.90 Å². The highest BCUT2D eigenvalue weighted by molar-refractivity contribution is 7.89. The van der Waals surface area contributed by atoms with Crippen molar-refractivity contribution in [1.29, 1.82) is 0 Å². The molecule has 0 bridgehead atoms. The standard InChI is InChI=1S/C23H25N3O7S/c1-33-23(28)20-6-2-8-21-19(20)7-4-14-25(21)22(27)16-5-3-13-24(15-16)34(31,32)18-11-9-17(10-12-18)26(29)30/h2,6,8-12,16H,3-5,7,13-15H2,1H3. The molecule has 1 atom stereocenters. The van der Waals surface area contributed by atoms with Crippen molar-refractivity contribution < 1.29 is 27.7 Å². The number of fused-ring (bicyclic) bond motifs is 1. The van der Waals surface area contributed by atoms with E-state index in [1.165, 1.54) is 23.5 Å². The van der Waals surface area contributed by atoms with Gasteiger partial charge in [-0.2, -0.15) is 4.31 Å². The number of amides is 1. The summed E-state index contributed by atoms with van der Waals surface area (Å²) in [6, 6.07) is 9.93. The molecule has 180 valence electrons. The molecular formula is C23H25N3O7S. The highest BCUT2D eigenvalue weighted by Gasteiger charge is 2.37. The molecule has 2 aliphatic rings. The van der Waals surface area contributed by atoms with Crippen LogP contribution in [0.5, 0.6) is 0 Å². The van der Waals surface area contributed by atoms with Crippen LogP contribution in [0.25, 0.3) is 0 Å². The first kappa shape index (κ1) is 23.8. The molecule has 0 radical (unpaired) electrons. The fourth-order valence-electron chi connectivity index (χ4n) is 4.63. The number of sulfonamides is 1. The smallest absolute Gasteiger partial charge is 0.338 e. The molecule has 1 amide bonds. The zero-order valence-electron chi connectivity index (χ0n) is 18.7.